The maximum absolute atomic E-state index is 11.4. The van der Waals surface area contributed by atoms with Gasteiger partial charge in [-0.15, -0.1) is 0 Å². The molecule has 1 aromatic rings. The Hall–Kier alpha value is -0.975. The zero-order valence-electron chi connectivity index (χ0n) is 8.05. The summed E-state index contributed by atoms with van der Waals surface area (Å²) in [6.45, 7) is 0.506. The fourth-order valence-electron chi connectivity index (χ4n) is 1.08. The van der Waals surface area contributed by atoms with Crippen molar-refractivity contribution in [1.82, 2.24) is 5.32 Å². The van der Waals surface area contributed by atoms with Gasteiger partial charge >= 0.3 is 7.12 Å². The smallest absolute Gasteiger partial charge is 0.423 e. The van der Waals surface area contributed by atoms with Crippen molar-refractivity contribution in [3.63, 3.8) is 0 Å². The van der Waals surface area contributed by atoms with Crippen molar-refractivity contribution in [2.24, 2.45) is 0 Å². The summed E-state index contributed by atoms with van der Waals surface area (Å²) in [7, 11) is -1.50. The summed E-state index contributed by atoms with van der Waals surface area (Å²) in [6, 6.07) is 6.09. The summed E-state index contributed by atoms with van der Waals surface area (Å²) in [5.41, 5.74) is 0.849. The molecular weight excluding hydrogens is 213 g/mol. The maximum atomic E-state index is 11.4. The zero-order chi connectivity index (χ0) is 11.3. The first-order valence-electron chi connectivity index (χ1n) is 4.50. The lowest BCUT2D eigenvalue weighted by atomic mass is 9.80. The van der Waals surface area contributed by atoms with Gasteiger partial charge in [0.2, 0.25) is 0 Å². The maximum Gasteiger partial charge on any atom is 0.488 e. The summed E-state index contributed by atoms with van der Waals surface area (Å²) in [6.07, 6.45) is 0. The van der Waals surface area contributed by atoms with Crippen LogP contribution in [0.2, 0.25) is 0 Å². The Morgan fingerprint density at radius 2 is 1.93 bits per heavy atom. The molecule has 1 amide bonds. The number of thiol groups is 1. The van der Waals surface area contributed by atoms with Crippen molar-refractivity contribution in [3.05, 3.63) is 29.8 Å². The molecule has 0 heterocycles. The Bertz CT molecular complexity index is 329. The lowest BCUT2D eigenvalue weighted by molar-refractivity contribution is 0.0956. The molecule has 4 nitrogen and oxygen atoms in total. The molecule has 0 saturated carbocycles. The van der Waals surface area contributed by atoms with Gasteiger partial charge in [0.15, 0.2) is 0 Å². The second-order valence-electron chi connectivity index (χ2n) is 2.98. The van der Waals surface area contributed by atoms with Gasteiger partial charge < -0.3 is 15.4 Å². The predicted molar refractivity (Wildman–Crippen MR) is 62.5 cm³/mol. The van der Waals surface area contributed by atoms with E-state index in [4.69, 9.17) is 10.0 Å². The number of nitrogens with one attached hydrogen (secondary N) is 1. The van der Waals surface area contributed by atoms with Gasteiger partial charge in [-0.3, -0.25) is 4.79 Å². The molecule has 0 unspecified atom stereocenters. The fourth-order valence-corrected chi connectivity index (χ4v) is 1.19. The van der Waals surface area contributed by atoms with E-state index in [1.807, 2.05) is 0 Å². The molecule has 6 heteroatoms. The van der Waals surface area contributed by atoms with E-state index >= 15 is 0 Å². The van der Waals surface area contributed by atoms with Crippen LogP contribution in [0.1, 0.15) is 10.4 Å². The number of hydrogen-bond acceptors (Lipinski definition) is 4. The molecule has 0 aromatic heterocycles. The van der Waals surface area contributed by atoms with Crippen LogP contribution in [0, 0.1) is 0 Å². The normalized spacial score (nSPS) is 9.80. The Morgan fingerprint density at radius 1 is 1.33 bits per heavy atom. The van der Waals surface area contributed by atoms with Gasteiger partial charge in [-0.05, 0) is 17.6 Å². The molecule has 0 aliphatic rings. The largest absolute Gasteiger partial charge is 0.488 e. The average Bonchev–Trinajstić information content (AvgIpc) is 2.26. The molecule has 80 valence electrons. The number of carbonyl (C=O) groups is 1. The lowest BCUT2D eigenvalue weighted by Crippen LogP contribution is -2.30. The van der Waals surface area contributed by atoms with Crippen LogP contribution in [0.5, 0.6) is 0 Å². The molecule has 0 radical (unpaired) electrons. The number of amides is 1. The van der Waals surface area contributed by atoms with E-state index < -0.39 is 7.12 Å². The van der Waals surface area contributed by atoms with Gasteiger partial charge in [-0.1, -0.05) is 12.1 Å². The van der Waals surface area contributed by atoms with Crippen molar-refractivity contribution in [2.45, 2.75) is 0 Å². The van der Waals surface area contributed by atoms with Crippen molar-refractivity contribution in [1.29, 1.82) is 0 Å². The van der Waals surface area contributed by atoms with Crippen LogP contribution in [0.3, 0.4) is 0 Å². The first-order chi connectivity index (χ1) is 7.15. The third kappa shape index (κ3) is 3.58. The number of benzene rings is 1. The Kier molecular flexibility index (Phi) is 4.67. The van der Waals surface area contributed by atoms with E-state index in [9.17, 15) is 4.79 Å². The van der Waals surface area contributed by atoms with Crippen LogP contribution in [0.15, 0.2) is 24.3 Å². The summed E-state index contributed by atoms with van der Waals surface area (Å²) < 4.78 is 0. The molecule has 15 heavy (non-hydrogen) atoms. The molecule has 0 bridgehead atoms. The molecule has 1 rings (SSSR count). The highest BCUT2D eigenvalue weighted by atomic mass is 32.1. The monoisotopic (exact) mass is 225 g/mol. The van der Waals surface area contributed by atoms with Crippen LogP contribution in [0.25, 0.3) is 0 Å². The molecule has 0 spiro atoms. The van der Waals surface area contributed by atoms with Gasteiger partial charge in [-0.25, -0.2) is 0 Å². The first kappa shape index (κ1) is 12.1. The van der Waals surface area contributed by atoms with Crippen molar-refractivity contribution in [2.75, 3.05) is 12.3 Å². The second-order valence-corrected chi connectivity index (χ2v) is 3.42. The minimum Gasteiger partial charge on any atom is -0.423 e. The third-order valence-electron chi connectivity index (χ3n) is 1.87. The molecule has 0 saturated heterocycles. The summed E-state index contributed by atoms with van der Waals surface area (Å²) >= 11 is 3.97. The van der Waals surface area contributed by atoms with Crippen LogP contribution in [0.4, 0.5) is 0 Å². The molecule has 0 aliphatic heterocycles. The van der Waals surface area contributed by atoms with E-state index in [1.54, 1.807) is 12.1 Å². The standard InChI is InChI=1S/C9H12BNO3S/c12-9(11-5-6-15)7-1-3-8(4-2-7)10(13)14/h1-4,13-15H,5-6H2,(H,11,12). The summed E-state index contributed by atoms with van der Waals surface area (Å²) in [4.78, 5) is 11.4. The van der Waals surface area contributed by atoms with Gasteiger partial charge in [0.1, 0.15) is 0 Å². The Labute approximate surface area is 93.9 Å². The Balaban J connectivity index is 2.67. The number of hydrogen-bond donors (Lipinski definition) is 4. The van der Waals surface area contributed by atoms with E-state index in [0.29, 0.717) is 23.3 Å². The third-order valence-corrected chi connectivity index (χ3v) is 2.09. The second kappa shape index (κ2) is 5.80. The molecule has 0 aliphatic carbocycles. The predicted octanol–water partition coefficient (Wildman–Crippen LogP) is -0.974. The highest BCUT2D eigenvalue weighted by Gasteiger charge is 2.11. The van der Waals surface area contributed by atoms with Crippen LogP contribution in [-0.2, 0) is 0 Å². The summed E-state index contributed by atoms with van der Waals surface area (Å²) in [5, 5.41) is 20.3. The van der Waals surface area contributed by atoms with E-state index in [0.717, 1.165) is 0 Å². The highest BCUT2D eigenvalue weighted by Crippen LogP contribution is 1.97. The van der Waals surface area contributed by atoms with Gasteiger partial charge in [0.25, 0.3) is 5.91 Å². The van der Waals surface area contributed by atoms with Crippen molar-refractivity contribution >= 4 is 31.1 Å². The minimum absolute atomic E-state index is 0.192. The minimum atomic E-state index is -1.50. The molecule has 0 fully saturated rings. The SMILES string of the molecule is O=C(NCCS)c1ccc(B(O)O)cc1. The van der Waals surface area contributed by atoms with Crippen LogP contribution in [-0.4, -0.2) is 35.4 Å². The first-order valence-corrected chi connectivity index (χ1v) is 5.13. The Morgan fingerprint density at radius 3 is 2.40 bits per heavy atom. The molecule has 0 atom stereocenters. The molecule has 1 aromatic carbocycles. The van der Waals surface area contributed by atoms with Crippen molar-refractivity contribution < 1.29 is 14.8 Å². The van der Waals surface area contributed by atoms with Crippen LogP contribution < -0.4 is 10.8 Å². The fraction of sp³-hybridized carbons (Fsp3) is 0.222. The zero-order valence-corrected chi connectivity index (χ0v) is 8.95. The molecule has 3 N–H and O–H groups in total. The molecular formula is C9H12BNO3S. The van der Waals surface area contributed by atoms with E-state index in [-0.39, 0.29) is 5.91 Å². The summed E-state index contributed by atoms with van der Waals surface area (Å²) in [5.74, 6) is 0.391. The van der Waals surface area contributed by atoms with Gasteiger partial charge in [0, 0.05) is 17.9 Å². The topological polar surface area (TPSA) is 69.6 Å². The highest BCUT2D eigenvalue weighted by molar-refractivity contribution is 7.80. The van der Waals surface area contributed by atoms with Crippen LogP contribution >= 0.6 is 12.6 Å². The van der Waals surface area contributed by atoms with E-state index in [1.165, 1.54) is 12.1 Å². The van der Waals surface area contributed by atoms with E-state index in [2.05, 4.69) is 17.9 Å². The lowest BCUT2D eigenvalue weighted by Gasteiger charge is -2.04. The quantitative estimate of drug-likeness (QED) is 0.393. The average molecular weight is 225 g/mol. The van der Waals surface area contributed by atoms with Gasteiger partial charge in [-0.2, -0.15) is 12.6 Å². The van der Waals surface area contributed by atoms with Crippen molar-refractivity contribution in [3.8, 4) is 0 Å². The van der Waals surface area contributed by atoms with Gasteiger partial charge in [0.05, 0.1) is 0 Å². The number of rotatable bonds is 4. The number of carbonyl (C=O) groups excluding carboxylic acids is 1.